The first-order chi connectivity index (χ1) is 13.4. The van der Waals surface area contributed by atoms with Crippen LogP contribution in [-0.4, -0.2) is 80.2 Å². The van der Waals surface area contributed by atoms with Crippen LogP contribution in [0.3, 0.4) is 0 Å². The van der Waals surface area contributed by atoms with Crippen molar-refractivity contribution in [2.24, 2.45) is 17.8 Å². The summed E-state index contributed by atoms with van der Waals surface area (Å²) in [5, 5.41) is 3.04. The Morgan fingerprint density at radius 2 is 1.64 bits per heavy atom. The maximum atomic E-state index is 13.1. The standard InChI is InChI=1S/C20H38N4O3S/c1-17-13-18(2)15-24(14-17)28(26,27)23-12-5-7-19(16-23)20(25)21-8-6-11-22-9-3-4-10-22/h17-19H,3-16H2,1-2H3,(H,21,25)/t17-,18-,19+/m1/s1. The van der Waals surface area contributed by atoms with Crippen molar-refractivity contribution in [3.8, 4) is 0 Å². The fourth-order valence-electron chi connectivity index (χ4n) is 4.99. The third-order valence-corrected chi connectivity index (χ3v) is 8.33. The second-order valence-electron chi connectivity index (χ2n) is 9.16. The van der Waals surface area contributed by atoms with E-state index in [1.54, 1.807) is 8.61 Å². The quantitative estimate of drug-likeness (QED) is 0.641. The normalized spacial score (nSPS) is 31.1. The van der Waals surface area contributed by atoms with Gasteiger partial charge in [0.15, 0.2) is 0 Å². The van der Waals surface area contributed by atoms with Gasteiger partial charge in [-0.2, -0.15) is 17.0 Å². The Morgan fingerprint density at radius 3 is 2.32 bits per heavy atom. The van der Waals surface area contributed by atoms with Gasteiger partial charge in [0, 0.05) is 32.7 Å². The molecule has 0 unspecified atom stereocenters. The Morgan fingerprint density at radius 1 is 0.964 bits per heavy atom. The zero-order valence-electron chi connectivity index (χ0n) is 17.6. The number of amides is 1. The van der Waals surface area contributed by atoms with E-state index in [9.17, 15) is 13.2 Å². The van der Waals surface area contributed by atoms with E-state index in [2.05, 4.69) is 24.1 Å². The monoisotopic (exact) mass is 414 g/mol. The zero-order chi connectivity index (χ0) is 20.1. The Bertz CT molecular complexity index is 611. The summed E-state index contributed by atoms with van der Waals surface area (Å²) in [6.45, 7) is 10.3. The molecule has 28 heavy (non-hydrogen) atoms. The molecule has 7 nitrogen and oxygen atoms in total. The SMILES string of the molecule is C[C@@H]1C[C@@H](C)CN(S(=O)(=O)N2CCC[C@H](C(=O)NCCCN3CCCC3)C2)C1. The average molecular weight is 415 g/mol. The third-order valence-electron chi connectivity index (χ3n) is 6.39. The van der Waals surface area contributed by atoms with Crippen molar-refractivity contribution in [1.82, 2.24) is 18.8 Å². The second kappa shape index (κ2) is 9.87. The summed E-state index contributed by atoms with van der Waals surface area (Å²) in [7, 11) is -3.47. The molecule has 1 N–H and O–H groups in total. The Labute approximate surface area is 171 Å². The van der Waals surface area contributed by atoms with Crippen molar-refractivity contribution in [3.63, 3.8) is 0 Å². The molecule has 3 saturated heterocycles. The summed E-state index contributed by atoms with van der Waals surface area (Å²) >= 11 is 0. The van der Waals surface area contributed by atoms with Crippen LogP contribution in [0.4, 0.5) is 0 Å². The molecule has 3 fully saturated rings. The molecule has 0 radical (unpaired) electrons. The van der Waals surface area contributed by atoms with Crippen LogP contribution >= 0.6 is 0 Å². The minimum absolute atomic E-state index is 0.0155. The van der Waals surface area contributed by atoms with Gasteiger partial charge < -0.3 is 10.2 Å². The highest BCUT2D eigenvalue weighted by Gasteiger charge is 2.38. The maximum absolute atomic E-state index is 13.1. The van der Waals surface area contributed by atoms with Crippen molar-refractivity contribution < 1.29 is 13.2 Å². The highest BCUT2D eigenvalue weighted by molar-refractivity contribution is 7.86. The maximum Gasteiger partial charge on any atom is 0.282 e. The molecule has 0 aromatic heterocycles. The highest BCUT2D eigenvalue weighted by atomic mass is 32.2. The molecule has 3 rings (SSSR count). The van der Waals surface area contributed by atoms with Crippen molar-refractivity contribution >= 4 is 16.1 Å². The van der Waals surface area contributed by atoms with Crippen LogP contribution in [-0.2, 0) is 15.0 Å². The summed E-state index contributed by atoms with van der Waals surface area (Å²) < 4.78 is 29.4. The molecule has 162 valence electrons. The summed E-state index contributed by atoms with van der Waals surface area (Å²) in [6, 6.07) is 0. The zero-order valence-corrected chi connectivity index (χ0v) is 18.4. The van der Waals surface area contributed by atoms with Gasteiger partial charge in [0.1, 0.15) is 0 Å². The molecule has 0 bridgehead atoms. The van der Waals surface area contributed by atoms with E-state index in [0.717, 1.165) is 32.2 Å². The van der Waals surface area contributed by atoms with Gasteiger partial charge >= 0.3 is 0 Å². The minimum Gasteiger partial charge on any atom is -0.356 e. The van der Waals surface area contributed by atoms with Crippen LogP contribution in [0.5, 0.6) is 0 Å². The number of piperidine rings is 2. The first kappa shape index (κ1) is 22.0. The van der Waals surface area contributed by atoms with E-state index < -0.39 is 10.2 Å². The van der Waals surface area contributed by atoms with Gasteiger partial charge in [0.25, 0.3) is 10.2 Å². The van der Waals surface area contributed by atoms with Crippen LogP contribution in [0.2, 0.25) is 0 Å². The lowest BCUT2D eigenvalue weighted by atomic mass is 9.94. The number of carbonyl (C=O) groups is 1. The van der Waals surface area contributed by atoms with Crippen LogP contribution in [0.15, 0.2) is 0 Å². The molecule has 1 amide bonds. The predicted octanol–water partition coefficient (Wildman–Crippen LogP) is 1.52. The van der Waals surface area contributed by atoms with Gasteiger partial charge in [-0.25, -0.2) is 0 Å². The summed E-state index contributed by atoms with van der Waals surface area (Å²) in [4.78, 5) is 15.0. The van der Waals surface area contributed by atoms with Gasteiger partial charge in [0.2, 0.25) is 5.91 Å². The summed E-state index contributed by atoms with van der Waals surface area (Å²) in [5.41, 5.74) is 0. The molecule has 8 heteroatoms. The first-order valence-corrected chi connectivity index (χ1v) is 12.5. The van der Waals surface area contributed by atoms with E-state index in [1.165, 1.54) is 25.9 Å². The fourth-order valence-corrected chi connectivity index (χ4v) is 6.93. The smallest absolute Gasteiger partial charge is 0.282 e. The lowest BCUT2D eigenvalue weighted by molar-refractivity contribution is -0.126. The summed E-state index contributed by atoms with van der Waals surface area (Å²) in [6.07, 6.45) is 6.14. The fraction of sp³-hybridized carbons (Fsp3) is 0.950. The molecular formula is C20H38N4O3S. The second-order valence-corrected chi connectivity index (χ2v) is 11.1. The van der Waals surface area contributed by atoms with Crippen LogP contribution in [0.25, 0.3) is 0 Å². The van der Waals surface area contributed by atoms with E-state index >= 15 is 0 Å². The number of hydrogen-bond donors (Lipinski definition) is 1. The number of rotatable bonds is 7. The van der Waals surface area contributed by atoms with Crippen LogP contribution in [0, 0.1) is 17.8 Å². The molecule has 0 aromatic rings. The molecule has 3 heterocycles. The largest absolute Gasteiger partial charge is 0.356 e. The van der Waals surface area contributed by atoms with Gasteiger partial charge in [-0.15, -0.1) is 0 Å². The Hall–Kier alpha value is -0.700. The number of likely N-dealkylation sites (tertiary alicyclic amines) is 1. The van der Waals surface area contributed by atoms with Crippen molar-refractivity contribution in [3.05, 3.63) is 0 Å². The molecule has 0 spiro atoms. The Balaban J connectivity index is 1.47. The predicted molar refractivity (Wildman–Crippen MR) is 111 cm³/mol. The lowest BCUT2D eigenvalue weighted by Crippen LogP contribution is -2.53. The first-order valence-electron chi connectivity index (χ1n) is 11.1. The number of nitrogens with one attached hydrogen (secondary N) is 1. The average Bonchev–Trinajstić information content (AvgIpc) is 3.18. The molecule has 0 saturated carbocycles. The lowest BCUT2D eigenvalue weighted by Gasteiger charge is -2.39. The van der Waals surface area contributed by atoms with E-state index in [-0.39, 0.29) is 11.8 Å². The van der Waals surface area contributed by atoms with Crippen molar-refractivity contribution in [2.45, 2.75) is 52.4 Å². The number of hydrogen-bond acceptors (Lipinski definition) is 4. The molecular weight excluding hydrogens is 376 g/mol. The van der Waals surface area contributed by atoms with Gasteiger partial charge in [-0.05, 0) is 70.0 Å². The number of carbonyl (C=O) groups excluding carboxylic acids is 1. The minimum atomic E-state index is -3.47. The summed E-state index contributed by atoms with van der Waals surface area (Å²) in [5.74, 6) is 0.563. The topological polar surface area (TPSA) is 73.0 Å². The Kier molecular flexibility index (Phi) is 7.75. The van der Waals surface area contributed by atoms with E-state index in [0.29, 0.717) is 44.6 Å². The van der Waals surface area contributed by atoms with Crippen LogP contribution < -0.4 is 5.32 Å². The van der Waals surface area contributed by atoms with Crippen molar-refractivity contribution in [2.75, 3.05) is 52.4 Å². The molecule has 3 aliphatic heterocycles. The number of nitrogens with zero attached hydrogens (tertiary/aromatic N) is 3. The highest BCUT2D eigenvalue weighted by Crippen LogP contribution is 2.27. The molecule has 3 atom stereocenters. The molecule has 3 aliphatic rings. The molecule has 0 aromatic carbocycles. The third kappa shape index (κ3) is 5.68. The van der Waals surface area contributed by atoms with E-state index in [1.807, 2.05) is 0 Å². The van der Waals surface area contributed by atoms with Gasteiger partial charge in [-0.3, -0.25) is 4.79 Å². The van der Waals surface area contributed by atoms with Crippen LogP contribution in [0.1, 0.15) is 52.4 Å². The van der Waals surface area contributed by atoms with Gasteiger partial charge in [-0.1, -0.05) is 13.8 Å². The van der Waals surface area contributed by atoms with Gasteiger partial charge in [0.05, 0.1) is 5.92 Å². The van der Waals surface area contributed by atoms with Crippen molar-refractivity contribution in [1.29, 1.82) is 0 Å². The molecule has 0 aliphatic carbocycles. The van der Waals surface area contributed by atoms with E-state index in [4.69, 9.17) is 0 Å².